The van der Waals surface area contributed by atoms with Crippen molar-refractivity contribution in [1.82, 2.24) is 19.2 Å². The summed E-state index contributed by atoms with van der Waals surface area (Å²) in [4.78, 5) is 13.0. The van der Waals surface area contributed by atoms with Gasteiger partial charge in [0.2, 0.25) is 0 Å². The minimum absolute atomic E-state index is 0.136. The Hall–Kier alpha value is -2.25. The average molecular weight is 314 g/mol. The molecular formula is C14H17F3N4O. The van der Waals surface area contributed by atoms with Crippen LogP contribution in [0.4, 0.5) is 13.2 Å². The molecule has 2 rings (SSSR count). The molecule has 5 nitrogen and oxygen atoms in total. The molecular weight excluding hydrogens is 297 g/mol. The van der Waals surface area contributed by atoms with E-state index in [2.05, 4.69) is 5.10 Å². The van der Waals surface area contributed by atoms with Crippen LogP contribution in [0.3, 0.4) is 0 Å². The Labute approximate surface area is 125 Å². The van der Waals surface area contributed by atoms with Crippen LogP contribution >= 0.6 is 0 Å². The molecule has 2 aromatic heterocycles. The van der Waals surface area contributed by atoms with Gasteiger partial charge in [-0.2, -0.15) is 18.3 Å². The first-order valence-electron chi connectivity index (χ1n) is 6.61. The highest BCUT2D eigenvalue weighted by Crippen LogP contribution is 2.22. The van der Waals surface area contributed by atoms with E-state index in [9.17, 15) is 18.0 Å². The predicted octanol–water partition coefficient (Wildman–Crippen LogP) is 2.46. The Kier molecular flexibility index (Phi) is 4.04. The summed E-state index contributed by atoms with van der Waals surface area (Å²) in [6, 6.07) is 3.74. The number of amides is 1. The van der Waals surface area contributed by atoms with Crippen LogP contribution in [0.1, 0.15) is 21.7 Å². The van der Waals surface area contributed by atoms with E-state index in [0.717, 1.165) is 18.4 Å². The number of hydrogen-bond acceptors (Lipinski definition) is 2. The Morgan fingerprint density at radius 2 is 1.82 bits per heavy atom. The number of carbonyl (C=O) groups excluding carboxylic acids is 1. The smallest absolute Gasteiger partial charge is 0.332 e. The molecule has 0 radical (unpaired) electrons. The zero-order valence-electron chi connectivity index (χ0n) is 12.8. The first kappa shape index (κ1) is 16.1. The molecule has 0 aliphatic heterocycles. The molecule has 0 aliphatic rings. The van der Waals surface area contributed by atoms with Crippen LogP contribution in [0.15, 0.2) is 18.3 Å². The van der Waals surface area contributed by atoms with Crippen molar-refractivity contribution in [2.75, 3.05) is 13.6 Å². The molecule has 0 aliphatic carbocycles. The van der Waals surface area contributed by atoms with Crippen molar-refractivity contribution in [3.63, 3.8) is 0 Å². The lowest BCUT2D eigenvalue weighted by Crippen LogP contribution is -2.36. The predicted molar refractivity (Wildman–Crippen MR) is 75.0 cm³/mol. The topological polar surface area (TPSA) is 43.1 Å². The van der Waals surface area contributed by atoms with Crippen molar-refractivity contribution in [3.05, 3.63) is 35.3 Å². The lowest BCUT2D eigenvalue weighted by Gasteiger charge is -2.20. The molecule has 1 amide bonds. The van der Waals surface area contributed by atoms with Gasteiger partial charge >= 0.3 is 6.18 Å². The SMILES string of the molecule is Cc1ccc(C)n1-c1c(C(=O)N(C)CC(F)(F)F)cnn1C. The maximum absolute atomic E-state index is 12.5. The molecule has 8 heteroatoms. The van der Waals surface area contributed by atoms with Crippen LogP contribution in [0.2, 0.25) is 0 Å². The van der Waals surface area contributed by atoms with Crippen LogP contribution in [0.25, 0.3) is 5.82 Å². The summed E-state index contributed by atoms with van der Waals surface area (Å²) in [6.45, 7) is 2.41. The number of alkyl halides is 3. The molecule has 2 aromatic rings. The summed E-state index contributed by atoms with van der Waals surface area (Å²) < 4.78 is 40.7. The monoisotopic (exact) mass is 314 g/mol. The Morgan fingerprint density at radius 1 is 1.27 bits per heavy atom. The van der Waals surface area contributed by atoms with Gasteiger partial charge in [-0.25, -0.2) is 0 Å². The summed E-state index contributed by atoms with van der Waals surface area (Å²) in [5, 5.41) is 4.02. The van der Waals surface area contributed by atoms with Crippen molar-refractivity contribution < 1.29 is 18.0 Å². The lowest BCUT2D eigenvalue weighted by molar-refractivity contribution is -0.138. The van der Waals surface area contributed by atoms with Crippen LogP contribution in [-0.2, 0) is 7.05 Å². The van der Waals surface area contributed by atoms with Crippen molar-refractivity contribution >= 4 is 5.91 Å². The van der Waals surface area contributed by atoms with Gasteiger partial charge in [-0.3, -0.25) is 9.48 Å². The van der Waals surface area contributed by atoms with Gasteiger partial charge in [0.25, 0.3) is 5.91 Å². The van der Waals surface area contributed by atoms with Gasteiger partial charge in [-0.05, 0) is 26.0 Å². The summed E-state index contributed by atoms with van der Waals surface area (Å²) in [7, 11) is 2.77. The number of rotatable bonds is 3. The summed E-state index contributed by atoms with van der Waals surface area (Å²) in [5.74, 6) is -0.257. The van der Waals surface area contributed by atoms with E-state index in [4.69, 9.17) is 0 Å². The highest BCUT2D eigenvalue weighted by atomic mass is 19.4. The molecule has 120 valence electrons. The van der Waals surface area contributed by atoms with Crippen LogP contribution in [-0.4, -0.2) is 44.9 Å². The van der Waals surface area contributed by atoms with Gasteiger partial charge < -0.3 is 9.47 Å². The van der Waals surface area contributed by atoms with Crippen LogP contribution in [0, 0.1) is 13.8 Å². The van der Waals surface area contributed by atoms with Crippen molar-refractivity contribution in [1.29, 1.82) is 0 Å². The molecule has 0 atom stereocenters. The molecule has 2 heterocycles. The second-order valence-corrected chi connectivity index (χ2v) is 5.23. The van der Waals surface area contributed by atoms with Crippen LogP contribution in [0.5, 0.6) is 0 Å². The molecule has 0 saturated carbocycles. The summed E-state index contributed by atoms with van der Waals surface area (Å²) in [6.07, 6.45) is -3.14. The second kappa shape index (κ2) is 5.51. The molecule has 0 saturated heterocycles. The highest BCUT2D eigenvalue weighted by Gasteiger charge is 2.33. The Bertz CT molecular complexity index is 680. The Morgan fingerprint density at radius 3 is 2.32 bits per heavy atom. The van der Waals surface area contributed by atoms with Crippen LogP contribution < -0.4 is 0 Å². The van der Waals surface area contributed by atoms with Gasteiger partial charge in [0.05, 0.1) is 6.20 Å². The minimum atomic E-state index is -4.44. The highest BCUT2D eigenvalue weighted by molar-refractivity contribution is 5.97. The lowest BCUT2D eigenvalue weighted by atomic mass is 10.2. The number of nitrogens with zero attached hydrogens (tertiary/aromatic N) is 4. The number of carbonyl (C=O) groups is 1. The first-order chi connectivity index (χ1) is 10.1. The van der Waals surface area contributed by atoms with Gasteiger partial charge in [0.1, 0.15) is 17.9 Å². The minimum Gasteiger partial charge on any atom is -0.332 e. The molecule has 0 aromatic carbocycles. The molecule has 0 spiro atoms. The van der Waals surface area contributed by atoms with E-state index in [1.54, 1.807) is 11.6 Å². The molecule has 22 heavy (non-hydrogen) atoms. The van der Waals surface area contributed by atoms with Gasteiger partial charge in [-0.1, -0.05) is 0 Å². The van der Waals surface area contributed by atoms with Crippen molar-refractivity contribution in [2.45, 2.75) is 20.0 Å². The van der Waals surface area contributed by atoms with E-state index < -0.39 is 18.6 Å². The number of aromatic nitrogens is 3. The van der Waals surface area contributed by atoms with Crippen molar-refractivity contribution in [3.8, 4) is 5.82 Å². The number of aryl methyl sites for hydroxylation is 3. The second-order valence-electron chi connectivity index (χ2n) is 5.23. The zero-order valence-corrected chi connectivity index (χ0v) is 12.8. The standard InChI is InChI=1S/C14H17F3N4O/c1-9-5-6-10(2)21(9)12-11(7-18-20(12)4)13(22)19(3)8-14(15,16)17/h5-7H,8H2,1-4H3. The fourth-order valence-corrected chi connectivity index (χ4v) is 2.40. The van der Waals surface area contributed by atoms with E-state index in [1.807, 2.05) is 26.0 Å². The van der Waals surface area contributed by atoms with Gasteiger partial charge in [-0.15, -0.1) is 0 Å². The molecule has 0 N–H and O–H groups in total. The Balaban J connectivity index is 2.44. The third kappa shape index (κ3) is 3.00. The van der Waals surface area contributed by atoms with Crippen molar-refractivity contribution in [2.24, 2.45) is 7.05 Å². The third-order valence-corrected chi connectivity index (χ3v) is 3.38. The maximum atomic E-state index is 12.5. The zero-order chi connectivity index (χ0) is 16.7. The number of halogens is 3. The quantitative estimate of drug-likeness (QED) is 0.873. The average Bonchev–Trinajstić information content (AvgIpc) is 2.90. The molecule has 0 fully saturated rings. The van der Waals surface area contributed by atoms with Gasteiger partial charge in [0.15, 0.2) is 0 Å². The normalized spacial score (nSPS) is 11.8. The van der Waals surface area contributed by atoms with E-state index >= 15 is 0 Å². The first-order valence-corrected chi connectivity index (χ1v) is 6.61. The van der Waals surface area contributed by atoms with E-state index in [-0.39, 0.29) is 5.56 Å². The fraction of sp³-hybridized carbons (Fsp3) is 0.429. The third-order valence-electron chi connectivity index (χ3n) is 3.38. The van der Waals surface area contributed by atoms with Gasteiger partial charge in [0, 0.05) is 25.5 Å². The molecule has 0 unspecified atom stereocenters. The number of hydrogen-bond donors (Lipinski definition) is 0. The van der Waals surface area contributed by atoms with E-state index in [0.29, 0.717) is 10.7 Å². The van der Waals surface area contributed by atoms with E-state index in [1.165, 1.54) is 10.9 Å². The largest absolute Gasteiger partial charge is 0.406 e. The fourth-order valence-electron chi connectivity index (χ4n) is 2.40. The molecule has 0 bridgehead atoms. The summed E-state index contributed by atoms with van der Waals surface area (Å²) >= 11 is 0. The summed E-state index contributed by atoms with van der Waals surface area (Å²) in [5.41, 5.74) is 1.87. The maximum Gasteiger partial charge on any atom is 0.406 e.